The van der Waals surface area contributed by atoms with Crippen molar-refractivity contribution in [3.8, 4) is 39.3 Å². The van der Waals surface area contributed by atoms with Gasteiger partial charge in [0.15, 0.2) is 0 Å². The van der Waals surface area contributed by atoms with Gasteiger partial charge in [0, 0.05) is 30.1 Å². The summed E-state index contributed by atoms with van der Waals surface area (Å²) in [6.07, 6.45) is 3.41. The maximum Gasteiger partial charge on any atom is 0.145 e. The zero-order valence-corrected chi connectivity index (χ0v) is 19.1. The standard InChI is InChI=1S/C27H18N4O3S/c28-14-21-20(24-10-9-23(34-24)19-3-1-11-29-16-19)13-22(25-4-2-12-35-25)31-26(21)30-15-17-5-7-18(8-6-17)27(32)33/h1-13,16H,15H2,(H,30,31)(H,32,33)/p-1. The number of pyridine rings is 2. The van der Waals surface area contributed by atoms with Crippen LogP contribution >= 0.6 is 11.3 Å². The highest BCUT2D eigenvalue weighted by Crippen LogP contribution is 2.36. The fourth-order valence-electron chi connectivity index (χ4n) is 3.62. The molecule has 8 heteroatoms. The first-order chi connectivity index (χ1) is 17.1. The summed E-state index contributed by atoms with van der Waals surface area (Å²) in [4.78, 5) is 20.8. The Hall–Kier alpha value is -4.74. The number of furan rings is 1. The van der Waals surface area contributed by atoms with Crippen molar-refractivity contribution in [3.05, 3.63) is 101 Å². The van der Waals surface area contributed by atoms with Gasteiger partial charge in [-0.2, -0.15) is 5.26 Å². The van der Waals surface area contributed by atoms with Gasteiger partial charge in [-0.05, 0) is 52.9 Å². The first kappa shape index (κ1) is 22.1. The Labute approximate surface area is 205 Å². The van der Waals surface area contributed by atoms with E-state index in [-0.39, 0.29) is 5.56 Å². The summed E-state index contributed by atoms with van der Waals surface area (Å²) in [5.74, 6) is 0.378. The van der Waals surface area contributed by atoms with Gasteiger partial charge in [0.05, 0.1) is 16.5 Å². The molecule has 0 saturated heterocycles. The third-order valence-corrected chi connectivity index (χ3v) is 6.26. The molecule has 0 aliphatic heterocycles. The summed E-state index contributed by atoms with van der Waals surface area (Å²) in [6, 6.07) is 21.8. The Kier molecular flexibility index (Phi) is 6.07. The van der Waals surface area contributed by atoms with E-state index < -0.39 is 5.97 Å². The summed E-state index contributed by atoms with van der Waals surface area (Å²) in [6.45, 7) is 0.349. The van der Waals surface area contributed by atoms with E-state index in [1.165, 1.54) is 12.1 Å². The number of benzene rings is 1. The summed E-state index contributed by atoms with van der Waals surface area (Å²) >= 11 is 1.55. The number of carboxylic acid groups (broad SMARTS) is 1. The number of thiophene rings is 1. The lowest BCUT2D eigenvalue weighted by molar-refractivity contribution is -0.255. The second-order valence-corrected chi connectivity index (χ2v) is 8.56. The number of nitriles is 1. The van der Waals surface area contributed by atoms with Crippen molar-refractivity contribution < 1.29 is 14.3 Å². The van der Waals surface area contributed by atoms with Gasteiger partial charge in [-0.1, -0.05) is 30.3 Å². The number of hydrogen-bond acceptors (Lipinski definition) is 8. The minimum Gasteiger partial charge on any atom is -0.545 e. The molecule has 0 radical (unpaired) electrons. The zero-order chi connectivity index (χ0) is 24.2. The van der Waals surface area contributed by atoms with E-state index in [4.69, 9.17) is 9.40 Å². The number of hydrogen-bond donors (Lipinski definition) is 1. The lowest BCUT2D eigenvalue weighted by Gasteiger charge is -2.13. The van der Waals surface area contributed by atoms with Gasteiger partial charge in [-0.25, -0.2) is 4.98 Å². The van der Waals surface area contributed by atoms with E-state index in [0.717, 1.165) is 16.0 Å². The summed E-state index contributed by atoms with van der Waals surface area (Å²) < 4.78 is 6.12. The normalized spacial score (nSPS) is 10.6. The van der Waals surface area contributed by atoms with Crippen LogP contribution in [0.4, 0.5) is 5.82 Å². The Morgan fingerprint density at radius 1 is 1.09 bits per heavy atom. The van der Waals surface area contributed by atoms with E-state index in [1.807, 2.05) is 47.8 Å². The van der Waals surface area contributed by atoms with Crippen LogP contribution in [0.2, 0.25) is 0 Å². The highest BCUT2D eigenvalue weighted by Gasteiger charge is 2.19. The highest BCUT2D eigenvalue weighted by molar-refractivity contribution is 7.13. The van der Waals surface area contributed by atoms with Gasteiger partial charge in [0.1, 0.15) is 29.0 Å². The summed E-state index contributed by atoms with van der Waals surface area (Å²) in [5, 5.41) is 26.3. The molecule has 0 fully saturated rings. The van der Waals surface area contributed by atoms with Crippen molar-refractivity contribution >= 4 is 23.1 Å². The van der Waals surface area contributed by atoms with Crippen LogP contribution in [0.25, 0.3) is 33.2 Å². The molecule has 4 aromatic heterocycles. The fraction of sp³-hybridized carbons (Fsp3) is 0.0370. The Balaban J connectivity index is 1.54. The van der Waals surface area contributed by atoms with Crippen LogP contribution in [-0.4, -0.2) is 15.9 Å². The van der Waals surface area contributed by atoms with Crippen LogP contribution < -0.4 is 10.4 Å². The third-order valence-electron chi connectivity index (χ3n) is 5.37. The van der Waals surface area contributed by atoms with Gasteiger partial charge in [0.2, 0.25) is 0 Å². The first-order valence-corrected chi connectivity index (χ1v) is 11.5. The average molecular weight is 478 g/mol. The van der Waals surface area contributed by atoms with Crippen molar-refractivity contribution in [2.24, 2.45) is 0 Å². The number of carbonyl (C=O) groups is 1. The molecule has 0 unspecified atom stereocenters. The maximum atomic E-state index is 11.0. The van der Waals surface area contributed by atoms with Crippen LogP contribution in [0.5, 0.6) is 0 Å². The van der Waals surface area contributed by atoms with Crippen molar-refractivity contribution in [2.75, 3.05) is 5.32 Å². The van der Waals surface area contributed by atoms with Crippen LogP contribution in [0, 0.1) is 11.3 Å². The Bertz CT molecular complexity index is 1520. The molecule has 0 amide bonds. The second kappa shape index (κ2) is 9.63. The van der Waals surface area contributed by atoms with Gasteiger partial charge in [-0.3, -0.25) is 4.98 Å². The minimum atomic E-state index is -1.23. The van der Waals surface area contributed by atoms with Crippen LogP contribution in [0.3, 0.4) is 0 Å². The molecule has 0 spiro atoms. The van der Waals surface area contributed by atoms with Crippen molar-refractivity contribution in [1.82, 2.24) is 9.97 Å². The molecular weight excluding hydrogens is 460 g/mol. The van der Waals surface area contributed by atoms with Gasteiger partial charge < -0.3 is 19.6 Å². The molecule has 0 atom stereocenters. The smallest absolute Gasteiger partial charge is 0.145 e. The monoisotopic (exact) mass is 477 g/mol. The van der Waals surface area contributed by atoms with Gasteiger partial charge in [0.25, 0.3) is 0 Å². The topological polar surface area (TPSA) is 115 Å². The lowest BCUT2D eigenvalue weighted by atomic mass is 10.1. The maximum absolute atomic E-state index is 11.0. The fourth-order valence-corrected chi connectivity index (χ4v) is 4.31. The van der Waals surface area contributed by atoms with Crippen molar-refractivity contribution in [2.45, 2.75) is 6.54 Å². The third kappa shape index (κ3) is 4.67. The van der Waals surface area contributed by atoms with Gasteiger partial charge in [-0.15, -0.1) is 11.3 Å². The highest BCUT2D eigenvalue weighted by atomic mass is 32.1. The van der Waals surface area contributed by atoms with Crippen molar-refractivity contribution in [3.63, 3.8) is 0 Å². The largest absolute Gasteiger partial charge is 0.545 e. The molecule has 35 heavy (non-hydrogen) atoms. The number of rotatable bonds is 7. The van der Waals surface area contributed by atoms with E-state index in [9.17, 15) is 15.2 Å². The second-order valence-electron chi connectivity index (χ2n) is 7.61. The zero-order valence-electron chi connectivity index (χ0n) is 18.3. The molecule has 170 valence electrons. The number of nitrogens with zero attached hydrogens (tertiary/aromatic N) is 3. The quantitative estimate of drug-likeness (QED) is 0.351. The SMILES string of the molecule is N#Cc1c(-c2ccc(-c3cccnc3)o2)cc(-c2cccs2)nc1NCc1ccc(C(=O)[O-])cc1. The van der Waals surface area contributed by atoms with Crippen LogP contribution in [0.15, 0.2) is 88.9 Å². The average Bonchev–Trinajstić information content (AvgIpc) is 3.61. The number of aromatic carboxylic acids is 1. The molecule has 7 nitrogen and oxygen atoms in total. The molecule has 4 heterocycles. The molecule has 0 aliphatic rings. The molecule has 5 rings (SSSR count). The Morgan fingerprint density at radius 2 is 1.91 bits per heavy atom. The molecule has 0 bridgehead atoms. The first-order valence-electron chi connectivity index (χ1n) is 10.7. The summed E-state index contributed by atoms with van der Waals surface area (Å²) in [7, 11) is 0. The summed E-state index contributed by atoms with van der Waals surface area (Å²) in [5.41, 5.74) is 3.46. The molecular formula is C27H17N4O3S-. The number of anilines is 1. The predicted molar refractivity (Wildman–Crippen MR) is 131 cm³/mol. The molecule has 0 aliphatic carbocycles. The van der Waals surface area contributed by atoms with E-state index in [0.29, 0.717) is 40.7 Å². The Morgan fingerprint density at radius 3 is 2.60 bits per heavy atom. The minimum absolute atomic E-state index is 0.105. The molecule has 0 saturated carbocycles. The predicted octanol–water partition coefficient (Wildman–Crippen LogP) is 4.98. The molecule has 5 aromatic rings. The number of carbonyl (C=O) groups excluding carboxylic acids is 1. The number of nitrogens with one attached hydrogen (secondary N) is 1. The van der Waals surface area contributed by atoms with E-state index in [1.54, 1.807) is 35.9 Å². The van der Waals surface area contributed by atoms with E-state index in [2.05, 4.69) is 16.4 Å². The lowest BCUT2D eigenvalue weighted by Crippen LogP contribution is -2.22. The molecule has 1 N–H and O–H groups in total. The van der Waals surface area contributed by atoms with Crippen molar-refractivity contribution in [1.29, 1.82) is 5.26 Å². The van der Waals surface area contributed by atoms with E-state index >= 15 is 0 Å². The molecule has 1 aromatic carbocycles. The van der Waals surface area contributed by atoms with Gasteiger partial charge >= 0.3 is 0 Å². The number of aromatic nitrogens is 2. The van der Waals surface area contributed by atoms with Crippen LogP contribution in [-0.2, 0) is 6.54 Å². The number of carboxylic acids is 1. The van der Waals surface area contributed by atoms with Crippen LogP contribution in [0.1, 0.15) is 21.5 Å².